The van der Waals surface area contributed by atoms with Crippen LogP contribution < -0.4 is 21.7 Å². The molecule has 0 radical (unpaired) electrons. The summed E-state index contributed by atoms with van der Waals surface area (Å²) in [6.07, 6.45) is -3.42. The second-order valence-corrected chi connectivity index (χ2v) is 14.2. The van der Waals surface area contributed by atoms with Gasteiger partial charge in [-0.15, -0.1) is 0 Å². The third-order valence-corrected chi connectivity index (χ3v) is 8.64. The normalized spacial score (nSPS) is 12.9. The molecule has 14 nitrogen and oxygen atoms in total. The number of halogens is 6. The fraction of sp³-hybridized carbons (Fsp3) is 0.405. The summed E-state index contributed by atoms with van der Waals surface area (Å²) in [5, 5.41) is 23.7. The van der Waals surface area contributed by atoms with Gasteiger partial charge in [0.05, 0.1) is 24.0 Å². The number of carbonyl (C=O) groups is 6. The minimum Gasteiger partial charge on any atom is -0.480 e. The van der Waals surface area contributed by atoms with Crippen LogP contribution in [0, 0.1) is 17.0 Å². The third kappa shape index (κ3) is 15.2. The highest BCUT2D eigenvalue weighted by molar-refractivity contribution is 9.09. The first kappa shape index (κ1) is 47.8. The number of hydrogen-bond acceptors (Lipinski definition) is 7. The lowest BCUT2D eigenvalue weighted by Gasteiger charge is -2.41. The molecule has 3 rings (SSSR count). The Balaban J connectivity index is 0.00000146. The number of carbonyl (C=O) groups excluding carboxylic acids is 4. The molecule has 0 aliphatic rings. The van der Waals surface area contributed by atoms with Crippen molar-refractivity contribution in [2.75, 3.05) is 25.0 Å². The molecule has 0 saturated carbocycles. The van der Waals surface area contributed by atoms with Crippen LogP contribution in [-0.4, -0.2) is 98.5 Å². The third-order valence-electron chi connectivity index (χ3n) is 8.13. The van der Waals surface area contributed by atoms with Gasteiger partial charge in [-0.3, -0.25) is 19.2 Å². The standard InChI is InChI=1S/C35H43BrF2N6O6.C2HF3O2/c1-21(45)44(13-12-27(39)33(48)42-28(34(49)50)17-40-31(47)18-41-30(46)16-36)32(35(2,3)4)29-14-23(25-15-24(37)10-11-26(25)38)20-43(29)19-22-8-6-5-7-9-22;3-2(4,5)1(6)7/h5-11,14-15,20,27-28,32H,12-13,16-19,39H2,1-4H3,(H,40,47)(H,41,46)(H,42,48)(H,49,50);(H,6,7)/t27-,28+,32-;/m0./s1. The lowest BCUT2D eigenvalue weighted by atomic mass is 9.82. The van der Waals surface area contributed by atoms with E-state index in [0.717, 1.165) is 23.8 Å². The fourth-order valence-electron chi connectivity index (χ4n) is 5.47. The number of amides is 4. The van der Waals surface area contributed by atoms with Gasteiger partial charge in [-0.05, 0) is 41.7 Å². The van der Waals surface area contributed by atoms with Crippen molar-refractivity contribution in [3.8, 4) is 11.1 Å². The van der Waals surface area contributed by atoms with E-state index in [0.29, 0.717) is 17.8 Å². The summed E-state index contributed by atoms with van der Waals surface area (Å²) in [6.45, 7) is 6.68. The van der Waals surface area contributed by atoms with Gasteiger partial charge < -0.3 is 41.4 Å². The van der Waals surface area contributed by atoms with E-state index >= 15 is 0 Å². The van der Waals surface area contributed by atoms with Crippen molar-refractivity contribution in [3.63, 3.8) is 0 Å². The molecular weight excluding hydrogens is 831 g/mol. The Labute approximate surface area is 333 Å². The zero-order valence-corrected chi connectivity index (χ0v) is 32.9. The minimum absolute atomic E-state index is 0.00617. The Bertz CT molecular complexity index is 1890. The van der Waals surface area contributed by atoms with Gasteiger partial charge in [-0.2, -0.15) is 13.2 Å². The van der Waals surface area contributed by atoms with E-state index in [4.69, 9.17) is 15.6 Å². The predicted molar refractivity (Wildman–Crippen MR) is 201 cm³/mol. The molecule has 0 bridgehead atoms. The summed E-state index contributed by atoms with van der Waals surface area (Å²) < 4.78 is 62.8. The lowest BCUT2D eigenvalue weighted by Crippen LogP contribution is -2.54. The summed E-state index contributed by atoms with van der Waals surface area (Å²) in [5.74, 6) is -7.63. The van der Waals surface area contributed by atoms with E-state index < -0.39 is 77.6 Å². The van der Waals surface area contributed by atoms with Crippen molar-refractivity contribution in [2.45, 2.75) is 65.0 Å². The summed E-state index contributed by atoms with van der Waals surface area (Å²) in [6, 6.07) is 11.1. The van der Waals surface area contributed by atoms with Crippen LogP contribution in [0.15, 0.2) is 60.8 Å². The Morgan fingerprint density at radius 1 is 0.930 bits per heavy atom. The average molecular weight is 876 g/mol. The molecule has 3 atom stereocenters. The molecule has 0 spiro atoms. The van der Waals surface area contributed by atoms with Gasteiger partial charge >= 0.3 is 18.1 Å². The number of benzene rings is 2. The number of carboxylic acids is 2. The van der Waals surface area contributed by atoms with Crippen molar-refractivity contribution < 1.29 is 60.9 Å². The molecule has 1 aromatic heterocycles. The maximum atomic E-state index is 15.0. The van der Waals surface area contributed by atoms with Gasteiger partial charge in [0.2, 0.25) is 23.6 Å². The van der Waals surface area contributed by atoms with Crippen molar-refractivity contribution in [2.24, 2.45) is 11.1 Å². The smallest absolute Gasteiger partial charge is 0.480 e. The van der Waals surface area contributed by atoms with Gasteiger partial charge in [0.15, 0.2) is 0 Å². The van der Waals surface area contributed by atoms with E-state index in [9.17, 15) is 51.0 Å². The predicted octanol–water partition coefficient (Wildman–Crippen LogP) is 3.96. The van der Waals surface area contributed by atoms with E-state index in [1.54, 1.807) is 17.2 Å². The van der Waals surface area contributed by atoms with Gasteiger partial charge in [0.1, 0.15) is 17.7 Å². The monoisotopic (exact) mass is 874 g/mol. The van der Waals surface area contributed by atoms with Gasteiger partial charge in [0, 0.05) is 49.6 Å². The van der Waals surface area contributed by atoms with E-state index in [-0.39, 0.29) is 36.3 Å². The molecule has 0 aliphatic heterocycles. The van der Waals surface area contributed by atoms with E-state index in [2.05, 4.69) is 31.9 Å². The highest BCUT2D eigenvalue weighted by atomic mass is 79.9. The topological polar surface area (TPSA) is 213 Å². The van der Waals surface area contributed by atoms with Crippen molar-refractivity contribution in [1.29, 1.82) is 0 Å². The molecule has 312 valence electrons. The van der Waals surface area contributed by atoms with Crippen LogP contribution in [0.5, 0.6) is 0 Å². The SMILES string of the molecule is CC(=O)N(CC[C@H](N)C(=O)N[C@H](CNC(=O)CNC(=O)CBr)C(=O)O)[C@@H](c1cc(-c2cc(F)ccc2F)cn1Cc1ccccc1)C(C)(C)C.O=C(O)C(F)(F)F. The van der Waals surface area contributed by atoms with Crippen LogP contribution >= 0.6 is 15.9 Å². The number of nitrogens with zero attached hydrogens (tertiary/aromatic N) is 2. The first-order valence-corrected chi connectivity index (χ1v) is 18.2. The number of hydrogen-bond donors (Lipinski definition) is 6. The van der Waals surface area contributed by atoms with Gasteiger partial charge in [-0.25, -0.2) is 18.4 Å². The molecule has 4 amide bonds. The van der Waals surface area contributed by atoms with Crippen LogP contribution in [0.3, 0.4) is 0 Å². The van der Waals surface area contributed by atoms with Crippen LogP contribution in [0.25, 0.3) is 11.1 Å². The molecule has 0 saturated heterocycles. The Kier molecular flexibility index (Phi) is 17.8. The molecule has 0 aliphatic carbocycles. The molecule has 57 heavy (non-hydrogen) atoms. The highest BCUT2D eigenvalue weighted by Crippen LogP contribution is 2.41. The molecule has 1 heterocycles. The molecule has 2 aromatic carbocycles. The second kappa shape index (κ2) is 21.2. The Hall–Kier alpha value is -5.37. The van der Waals surface area contributed by atoms with E-state index in [1.807, 2.05) is 55.7 Å². The maximum Gasteiger partial charge on any atom is 0.490 e. The number of aliphatic carboxylic acids is 2. The minimum atomic E-state index is -5.08. The first-order valence-electron chi connectivity index (χ1n) is 17.1. The quantitative estimate of drug-likeness (QED) is 0.0907. The summed E-state index contributed by atoms with van der Waals surface area (Å²) in [7, 11) is 0. The molecule has 0 unspecified atom stereocenters. The highest BCUT2D eigenvalue weighted by Gasteiger charge is 2.38. The van der Waals surface area contributed by atoms with Crippen LogP contribution in [0.2, 0.25) is 0 Å². The number of nitrogens with two attached hydrogens (primary N) is 1. The largest absolute Gasteiger partial charge is 0.490 e. The Morgan fingerprint density at radius 3 is 2.07 bits per heavy atom. The van der Waals surface area contributed by atoms with Crippen molar-refractivity contribution in [1.82, 2.24) is 25.4 Å². The molecular formula is C37H44BrF5N6O8. The zero-order valence-electron chi connectivity index (χ0n) is 31.3. The summed E-state index contributed by atoms with van der Waals surface area (Å²) >= 11 is 2.95. The summed E-state index contributed by atoms with van der Waals surface area (Å²) in [4.78, 5) is 71.9. The molecule has 20 heteroatoms. The number of alkyl halides is 4. The molecule has 3 aromatic rings. The number of carboxylic acid groups (broad SMARTS) is 2. The fourth-order valence-corrected chi connectivity index (χ4v) is 5.67. The molecule has 0 fully saturated rings. The zero-order chi connectivity index (χ0) is 43.2. The second-order valence-electron chi connectivity index (χ2n) is 13.7. The maximum absolute atomic E-state index is 15.0. The van der Waals surface area contributed by atoms with Crippen LogP contribution in [-0.2, 0) is 35.3 Å². The van der Waals surface area contributed by atoms with Gasteiger partial charge in [-0.1, -0.05) is 67.0 Å². The van der Waals surface area contributed by atoms with Crippen molar-refractivity contribution in [3.05, 3.63) is 83.7 Å². The average Bonchev–Trinajstić information content (AvgIpc) is 3.52. The molecule has 7 N–H and O–H groups in total. The van der Waals surface area contributed by atoms with E-state index in [1.165, 1.54) is 6.92 Å². The van der Waals surface area contributed by atoms with Crippen LogP contribution in [0.4, 0.5) is 22.0 Å². The first-order chi connectivity index (χ1) is 26.5. The summed E-state index contributed by atoms with van der Waals surface area (Å²) in [5.41, 5.74) is 7.64. The van der Waals surface area contributed by atoms with Crippen LogP contribution in [0.1, 0.15) is 51.4 Å². The number of nitrogens with one attached hydrogen (secondary N) is 3. The Morgan fingerprint density at radius 2 is 1.54 bits per heavy atom. The number of rotatable bonds is 16. The lowest BCUT2D eigenvalue weighted by molar-refractivity contribution is -0.192. The van der Waals surface area contributed by atoms with Gasteiger partial charge in [0.25, 0.3) is 0 Å². The number of aromatic nitrogens is 1. The van der Waals surface area contributed by atoms with Crippen molar-refractivity contribution >= 4 is 51.5 Å².